The van der Waals surface area contributed by atoms with Gasteiger partial charge in [0.15, 0.2) is 0 Å². The number of benzene rings is 1. The Labute approximate surface area is 113 Å². The Morgan fingerprint density at radius 2 is 2.26 bits per heavy atom. The number of amides is 1. The lowest BCUT2D eigenvalue weighted by Crippen LogP contribution is -2.21. The molecule has 1 amide bonds. The Kier molecular flexibility index (Phi) is 4.27. The number of anilines is 3. The van der Waals surface area contributed by atoms with Crippen molar-refractivity contribution in [2.24, 2.45) is 0 Å². The van der Waals surface area contributed by atoms with Gasteiger partial charge in [-0.3, -0.25) is 4.79 Å². The molecule has 0 saturated carbocycles. The molecule has 1 aromatic rings. The average Bonchev–Trinajstić information content (AvgIpc) is 2.38. The molecule has 5 heteroatoms. The first-order valence-electron chi connectivity index (χ1n) is 6.58. The van der Waals surface area contributed by atoms with Crippen molar-refractivity contribution < 1.29 is 9.53 Å². The second-order valence-electron chi connectivity index (χ2n) is 4.97. The Bertz CT molecular complexity index is 474. The van der Waals surface area contributed by atoms with E-state index in [4.69, 9.17) is 10.5 Å². The van der Waals surface area contributed by atoms with Gasteiger partial charge >= 0.3 is 0 Å². The fourth-order valence-corrected chi connectivity index (χ4v) is 2.20. The lowest BCUT2D eigenvalue weighted by atomic mass is 10.0. The molecule has 1 aromatic carbocycles. The maximum Gasteiger partial charge on any atom is 0.224 e. The molecule has 0 aromatic heterocycles. The van der Waals surface area contributed by atoms with Crippen LogP contribution >= 0.6 is 0 Å². The van der Waals surface area contributed by atoms with Gasteiger partial charge in [0, 0.05) is 31.9 Å². The summed E-state index contributed by atoms with van der Waals surface area (Å²) in [5, 5.41) is 6.24. The minimum Gasteiger partial charge on any atom is -0.397 e. The van der Waals surface area contributed by atoms with Crippen LogP contribution in [-0.4, -0.2) is 25.7 Å². The van der Waals surface area contributed by atoms with Crippen molar-refractivity contribution in [3.8, 4) is 0 Å². The maximum absolute atomic E-state index is 11.4. The summed E-state index contributed by atoms with van der Waals surface area (Å²) in [5.41, 5.74) is 9.61. The van der Waals surface area contributed by atoms with Crippen LogP contribution < -0.4 is 16.4 Å². The van der Waals surface area contributed by atoms with Crippen LogP contribution in [-0.2, 0) is 16.0 Å². The van der Waals surface area contributed by atoms with Crippen LogP contribution in [0.4, 0.5) is 17.1 Å². The third-order valence-corrected chi connectivity index (χ3v) is 3.33. The molecule has 1 heterocycles. The topological polar surface area (TPSA) is 76.4 Å². The van der Waals surface area contributed by atoms with Crippen LogP contribution in [0, 0.1) is 0 Å². The number of rotatable bonds is 5. The van der Waals surface area contributed by atoms with Crippen molar-refractivity contribution >= 4 is 23.0 Å². The zero-order valence-corrected chi connectivity index (χ0v) is 11.5. The molecule has 104 valence electrons. The number of carbonyl (C=O) groups excluding carboxylic acids is 1. The third kappa shape index (κ3) is 3.38. The smallest absolute Gasteiger partial charge is 0.224 e. The molecule has 0 bridgehead atoms. The molecule has 2 rings (SSSR count). The van der Waals surface area contributed by atoms with Gasteiger partial charge in [-0.2, -0.15) is 0 Å². The van der Waals surface area contributed by atoms with Crippen LogP contribution in [0.25, 0.3) is 0 Å². The summed E-state index contributed by atoms with van der Waals surface area (Å²) >= 11 is 0. The number of ether oxygens (including phenoxy) is 1. The van der Waals surface area contributed by atoms with Crippen molar-refractivity contribution in [1.29, 1.82) is 0 Å². The van der Waals surface area contributed by atoms with E-state index in [-0.39, 0.29) is 11.9 Å². The Morgan fingerprint density at radius 3 is 3.00 bits per heavy atom. The van der Waals surface area contributed by atoms with Crippen LogP contribution in [0.1, 0.15) is 25.3 Å². The highest BCUT2D eigenvalue weighted by Gasteiger charge is 2.17. The van der Waals surface area contributed by atoms with Gasteiger partial charge in [-0.1, -0.05) is 0 Å². The van der Waals surface area contributed by atoms with Gasteiger partial charge in [0.2, 0.25) is 5.91 Å². The largest absolute Gasteiger partial charge is 0.397 e. The highest BCUT2D eigenvalue weighted by molar-refractivity contribution is 5.95. The monoisotopic (exact) mass is 263 g/mol. The van der Waals surface area contributed by atoms with Crippen molar-refractivity contribution in [2.45, 2.75) is 32.2 Å². The van der Waals surface area contributed by atoms with Gasteiger partial charge in [0.05, 0.1) is 11.4 Å². The first kappa shape index (κ1) is 13.7. The molecule has 5 nitrogen and oxygen atoms in total. The molecule has 4 N–H and O–H groups in total. The number of hydrogen-bond donors (Lipinski definition) is 3. The zero-order chi connectivity index (χ0) is 13.8. The van der Waals surface area contributed by atoms with Crippen LogP contribution in [0.3, 0.4) is 0 Å². The zero-order valence-electron chi connectivity index (χ0n) is 11.5. The predicted octanol–water partition coefficient (Wildman–Crippen LogP) is 1.99. The first-order valence-corrected chi connectivity index (χ1v) is 6.58. The molecule has 0 spiro atoms. The molecule has 1 unspecified atom stereocenters. The molecule has 19 heavy (non-hydrogen) atoms. The minimum atomic E-state index is 0.0654. The summed E-state index contributed by atoms with van der Waals surface area (Å²) in [6.45, 7) is 2.78. The fourth-order valence-electron chi connectivity index (χ4n) is 2.20. The number of aryl methyl sites for hydroxylation is 1. The predicted molar refractivity (Wildman–Crippen MR) is 77.4 cm³/mol. The molecule has 1 aliphatic heterocycles. The van der Waals surface area contributed by atoms with Gasteiger partial charge < -0.3 is 21.1 Å². The van der Waals surface area contributed by atoms with Crippen molar-refractivity contribution in [3.05, 3.63) is 17.7 Å². The number of carbonyl (C=O) groups is 1. The van der Waals surface area contributed by atoms with Gasteiger partial charge in [-0.15, -0.1) is 0 Å². The summed E-state index contributed by atoms with van der Waals surface area (Å²) in [6, 6.07) is 4.13. The van der Waals surface area contributed by atoms with E-state index in [1.165, 1.54) is 0 Å². The van der Waals surface area contributed by atoms with Gasteiger partial charge in [-0.25, -0.2) is 0 Å². The van der Waals surface area contributed by atoms with Crippen molar-refractivity contribution in [3.63, 3.8) is 0 Å². The van der Waals surface area contributed by atoms with E-state index in [9.17, 15) is 4.79 Å². The van der Waals surface area contributed by atoms with Gasteiger partial charge in [0.25, 0.3) is 0 Å². The first-order chi connectivity index (χ1) is 9.10. The average molecular weight is 263 g/mol. The molecule has 0 fully saturated rings. The summed E-state index contributed by atoms with van der Waals surface area (Å²) in [7, 11) is 1.69. The summed E-state index contributed by atoms with van der Waals surface area (Å²) in [5.74, 6) is 0.0654. The van der Waals surface area contributed by atoms with Gasteiger partial charge in [0.1, 0.15) is 0 Å². The van der Waals surface area contributed by atoms with E-state index >= 15 is 0 Å². The summed E-state index contributed by atoms with van der Waals surface area (Å²) in [4.78, 5) is 11.4. The minimum absolute atomic E-state index is 0.0654. The Balaban J connectivity index is 2.12. The van der Waals surface area contributed by atoms with Gasteiger partial charge in [-0.05, 0) is 37.5 Å². The number of fused-ring (bicyclic) bond motifs is 1. The maximum atomic E-state index is 11.4. The molecule has 0 radical (unpaired) electrons. The third-order valence-electron chi connectivity index (χ3n) is 3.33. The number of nitrogen functional groups attached to an aromatic ring is 1. The molecular weight excluding hydrogens is 242 g/mol. The molecule has 0 saturated heterocycles. The highest BCUT2D eigenvalue weighted by atomic mass is 16.5. The Morgan fingerprint density at radius 1 is 1.47 bits per heavy atom. The van der Waals surface area contributed by atoms with E-state index in [2.05, 4.69) is 17.6 Å². The molecule has 0 aliphatic carbocycles. The normalized spacial score (nSPS) is 15.6. The van der Waals surface area contributed by atoms with Crippen molar-refractivity contribution in [2.75, 3.05) is 30.1 Å². The fraction of sp³-hybridized carbons (Fsp3) is 0.500. The second kappa shape index (κ2) is 5.93. The van der Waals surface area contributed by atoms with Crippen LogP contribution in [0.2, 0.25) is 0 Å². The lowest BCUT2D eigenvalue weighted by molar-refractivity contribution is -0.116. The Hall–Kier alpha value is -1.75. The second-order valence-corrected chi connectivity index (χ2v) is 4.97. The quantitative estimate of drug-likeness (QED) is 0.710. The summed E-state index contributed by atoms with van der Waals surface area (Å²) in [6.07, 6.45) is 2.19. The van der Waals surface area contributed by atoms with E-state index in [0.717, 1.165) is 35.5 Å². The lowest BCUT2D eigenvalue weighted by Gasteiger charge is -2.22. The number of nitrogens with one attached hydrogen (secondary N) is 2. The number of hydrogen-bond acceptors (Lipinski definition) is 4. The SMILES string of the molecule is COCCC(C)Nc1cc2c(cc1N)CCC(=O)N2. The number of nitrogens with two attached hydrogens (primary N) is 1. The standard InChI is InChI=1S/C14H21N3O2/c1-9(5-6-19-2)16-13-8-12-10(7-11(13)15)3-4-14(18)17-12/h7-9,16H,3-6,15H2,1-2H3,(H,17,18). The van der Waals surface area contributed by atoms with E-state index in [1.807, 2.05) is 12.1 Å². The molecule has 1 atom stereocenters. The summed E-state index contributed by atoms with van der Waals surface area (Å²) < 4.78 is 5.06. The molecule has 1 aliphatic rings. The van der Waals surface area contributed by atoms with Crippen LogP contribution in [0.15, 0.2) is 12.1 Å². The van der Waals surface area contributed by atoms with E-state index in [1.54, 1.807) is 7.11 Å². The van der Waals surface area contributed by atoms with Crippen molar-refractivity contribution in [1.82, 2.24) is 0 Å². The number of methoxy groups -OCH3 is 1. The molecular formula is C14H21N3O2. The highest BCUT2D eigenvalue weighted by Crippen LogP contribution is 2.31. The van der Waals surface area contributed by atoms with E-state index in [0.29, 0.717) is 13.0 Å². The van der Waals surface area contributed by atoms with E-state index < -0.39 is 0 Å². The van der Waals surface area contributed by atoms with Crippen LogP contribution in [0.5, 0.6) is 0 Å².